The minimum atomic E-state index is -4.55. The van der Waals surface area contributed by atoms with Crippen LogP contribution in [0.5, 0.6) is 0 Å². The molecule has 0 aromatic rings. The first-order valence-corrected chi connectivity index (χ1v) is 7.14. The van der Waals surface area contributed by atoms with Gasteiger partial charge >= 0.3 is 12.1 Å². The highest BCUT2D eigenvalue weighted by Gasteiger charge is 2.51. The van der Waals surface area contributed by atoms with Gasteiger partial charge in [-0.25, -0.2) is 0 Å². The molecular weight excluding hydrogens is 302 g/mol. The number of halogens is 3. The van der Waals surface area contributed by atoms with Crippen molar-refractivity contribution in [2.24, 2.45) is 17.4 Å². The van der Waals surface area contributed by atoms with Gasteiger partial charge in [0.05, 0.1) is 12.5 Å². The van der Waals surface area contributed by atoms with E-state index >= 15 is 0 Å². The maximum absolute atomic E-state index is 12.3. The molecule has 1 fully saturated rings. The van der Waals surface area contributed by atoms with E-state index in [1.54, 1.807) is 0 Å². The van der Waals surface area contributed by atoms with Crippen LogP contribution >= 0.6 is 0 Å². The first-order chi connectivity index (χ1) is 10.0. The van der Waals surface area contributed by atoms with Gasteiger partial charge in [-0.3, -0.25) is 9.59 Å². The molecule has 0 saturated carbocycles. The normalized spacial score (nSPS) is 27.0. The Bertz CT molecular complexity index is 436. The second-order valence-electron chi connectivity index (χ2n) is 5.83. The van der Waals surface area contributed by atoms with Crippen molar-refractivity contribution >= 4 is 19.7 Å². The van der Waals surface area contributed by atoms with Crippen molar-refractivity contribution in [1.82, 2.24) is 4.90 Å². The van der Waals surface area contributed by atoms with E-state index in [0.717, 1.165) is 17.6 Å². The maximum Gasteiger partial charge on any atom is 0.391 e. The molecule has 0 aromatic heterocycles. The third-order valence-corrected chi connectivity index (χ3v) is 4.01. The van der Waals surface area contributed by atoms with Gasteiger partial charge < -0.3 is 21.5 Å². The average Bonchev–Trinajstić information content (AvgIpc) is 2.72. The SMILES string of the molecule is BCCC[C@H]1CN(C(=O)C(N)CC(F)(F)F)C[C@@]1(N)C(=O)O. The number of carbonyl (C=O) groups excluding carboxylic acids is 1. The van der Waals surface area contributed by atoms with Crippen LogP contribution in [-0.2, 0) is 9.59 Å². The van der Waals surface area contributed by atoms with Crippen LogP contribution in [0.4, 0.5) is 13.2 Å². The standard InChI is InChI=1S/C12H21BF3N3O3/c13-3-1-2-7-5-19(6-11(7,18)10(21)22)9(20)8(17)4-12(14,15)16/h7-8H,1-6,13,17-18H2,(H,21,22)/t7-,8?,11-/m0/s1. The van der Waals surface area contributed by atoms with E-state index in [4.69, 9.17) is 11.5 Å². The number of hydrogen-bond acceptors (Lipinski definition) is 4. The molecule has 0 bridgehead atoms. The monoisotopic (exact) mass is 323 g/mol. The summed E-state index contributed by atoms with van der Waals surface area (Å²) >= 11 is 0. The molecule has 1 heterocycles. The molecule has 0 aromatic carbocycles. The van der Waals surface area contributed by atoms with E-state index in [1.165, 1.54) is 0 Å². The topological polar surface area (TPSA) is 110 Å². The summed E-state index contributed by atoms with van der Waals surface area (Å²) in [5.41, 5.74) is 9.54. The van der Waals surface area contributed by atoms with Gasteiger partial charge in [-0.15, -0.1) is 0 Å². The average molecular weight is 323 g/mol. The summed E-state index contributed by atoms with van der Waals surface area (Å²) in [6.07, 6.45) is -3.94. The Balaban J connectivity index is 2.81. The lowest BCUT2D eigenvalue weighted by Crippen LogP contribution is -2.55. The number of aliphatic carboxylic acids is 1. The van der Waals surface area contributed by atoms with Crippen LogP contribution in [0.2, 0.25) is 6.32 Å². The predicted molar refractivity (Wildman–Crippen MR) is 75.9 cm³/mol. The molecular formula is C12H21BF3N3O3. The molecule has 1 unspecified atom stereocenters. The third-order valence-electron chi connectivity index (χ3n) is 4.01. The zero-order valence-corrected chi connectivity index (χ0v) is 12.4. The van der Waals surface area contributed by atoms with Crippen LogP contribution < -0.4 is 11.5 Å². The van der Waals surface area contributed by atoms with E-state index < -0.39 is 42.0 Å². The van der Waals surface area contributed by atoms with Gasteiger partial charge in [0.1, 0.15) is 13.4 Å². The molecule has 6 nitrogen and oxygen atoms in total. The Morgan fingerprint density at radius 3 is 2.50 bits per heavy atom. The molecule has 126 valence electrons. The lowest BCUT2D eigenvalue weighted by Gasteiger charge is -2.25. The summed E-state index contributed by atoms with van der Waals surface area (Å²) in [7, 11) is 1.93. The zero-order valence-electron chi connectivity index (χ0n) is 12.4. The van der Waals surface area contributed by atoms with Crippen LogP contribution in [0.1, 0.15) is 19.3 Å². The van der Waals surface area contributed by atoms with E-state index in [2.05, 4.69) is 0 Å². The number of alkyl halides is 3. The molecule has 1 amide bonds. The molecule has 0 aliphatic carbocycles. The zero-order chi connectivity index (χ0) is 17.1. The minimum absolute atomic E-state index is 0.0210. The first kappa shape index (κ1) is 18.8. The number of carboxylic acids is 1. The summed E-state index contributed by atoms with van der Waals surface area (Å²) in [5, 5.41) is 9.29. The third kappa shape index (κ3) is 4.36. The first-order valence-electron chi connectivity index (χ1n) is 7.14. The number of amides is 1. The van der Waals surface area contributed by atoms with Crippen LogP contribution in [0.25, 0.3) is 0 Å². The molecule has 1 rings (SSSR count). The number of nitrogens with zero attached hydrogens (tertiary/aromatic N) is 1. The summed E-state index contributed by atoms with van der Waals surface area (Å²) in [6.45, 7) is -0.297. The molecule has 1 aliphatic heterocycles. The van der Waals surface area contributed by atoms with Crippen LogP contribution in [0, 0.1) is 5.92 Å². The molecule has 0 spiro atoms. The lowest BCUT2D eigenvalue weighted by molar-refractivity contribution is -0.152. The highest BCUT2D eigenvalue weighted by atomic mass is 19.4. The smallest absolute Gasteiger partial charge is 0.391 e. The van der Waals surface area contributed by atoms with E-state index in [0.29, 0.717) is 6.42 Å². The molecule has 1 aliphatic rings. The van der Waals surface area contributed by atoms with Crippen molar-refractivity contribution in [3.63, 3.8) is 0 Å². The highest BCUT2D eigenvalue weighted by molar-refractivity contribution is 6.08. The van der Waals surface area contributed by atoms with E-state index in [-0.39, 0.29) is 13.1 Å². The molecule has 22 heavy (non-hydrogen) atoms. The maximum atomic E-state index is 12.3. The Hall–Kier alpha value is -1.29. The van der Waals surface area contributed by atoms with Crippen molar-refractivity contribution < 1.29 is 27.9 Å². The number of carbonyl (C=O) groups is 2. The van der Waals surface area contributed by atoms with Gasteiger partial charge in [0.25, 0.3) is 0 Å². The van der Waals surface area contributed by atoms with Crippen molar-refractivity contribution in [2.75, 3.05) is 13.1 Å². The van der Waals surface area contributed by atoms with Crippen molar-refractivity contribution in [3.8, 4) is 0 Å². The minimum Gasteiger partial charge on any atom is -0.480 e. The fourth-order valence-corrected chi connectivity index (χ4v) is 2.72. The summed E-state index contributed by atoms with van der Waals surface area (Å²) < 4.78 is 36.9. The second-order valence-corrected chi connectivity index (χ2v) is 5.83. The molecule has 3 atom stereocenters. The van der Waals surface area contributed by atoms with Crippen molar-refractivity contribution in [2.45, 2.75) is 43.3 Å². The van der Waals surface area contributed by atoms with Gasteiger partial charge in [0.15, 0.2) is 0 Å². The lowest BCUT2D eigenvalue weighted by atomic mass is 9.83. The largest absolute Gasteiger partial charge is 0.480 e. The Kier molecular flexibility index (Phi) is 5.86. The Labute approximate surface area is 127 Å². The molecule has 0 radical (unpaired) electrons. The quantitative estimate of drug-likeness (QED) is 0.562. The van der Waals surface area contributed by atoms with Crippen LogP contribution in [-0.4, -0.2) is 60.6 Å². The van der Waals surface area contributed by atoms with Gasteiger partial charge in [-0.05, 0) is 6.42 Å². The second kappa shape index (κ2) is 6.87. The summed E-state index contributed by atoms with van der Waals surface area (Å²) in [5.74, 6) is -2.66. The Morgan fingerprint density at radius 1 is 1.45 bits per heavy atom. The number of hydrogen-bond donors (Lipinski definition) is 3. The molecule has 1 saturated heterocycles. The van der Waals surface area contributed by atoms with Crippen molar-refractivity contribution in [1.29, 1.82) is 0 Å². The predicted octanol–water partition coefficient (Wildman–Crippen LogP) is -0.662. The fraction of sp³-hybridized carbons (Fsp3) is 0.833. The fourth-order valence-electron chi connectivity index (χ4n) is 2.72. The van der Waals surface area contributed by atoms with Crippen LogP contribution in [0.15, 0.2) is 0 Å². The Morgan fingerprint density at radius 2 is 2.05 bits per heavy atom. The molecule has 10 heteroatoms. The van der Waals surface area contributed by atoms with Crippen LogP contribution in [0.3, 0.4) is 0 Å². The van der Waals surface area contributed by atoms with Gasteiger partial charge in [0.2, 0.25) is 5.91 Å². The van der Waals surface area contributed by atoms with E-state index in [1.807, 2.05) is 7.85 Å². The van der Waals surface area contributed by atoms with Gasteiger partial charge in [-0.2, -0.15) is 13.2 Å². The van der Waals surface area contributed by atoms with E-state index in [9.17, 15) is 27.9 Å². The van der Waals surface area contributed by atoms with Gasteiger partial charge in [0, 0.05) is 19.0 Å². The number of likely N-dealkylation sites (tertiary alicyclic amines) is 1. The summed E-state index contributed by atoms with van der Waals surface area (Å²) in [6, 6.07) is -1.73. The van der Waals surface area contributed by atoms with Crippen molar-refractivity contribution in [3.05, 3.63) is 0 Å². The molecule has 5 N–H and O–H groups in total. The highest BCUT2D eigenvalue weighted by Crippen LogP contribution is 2.31. The number of rotatable bonds is 6. The summed E-state index contributed by atoms with van der Waals surface area (Å²) in [4.78, 5) is 24.4. The van der Waals surface area contributed by atoms with Gasteiger partial charge in [-0.1, -0.05) is 12.7 Å². The number of nitrogens with two attached hydrogens (primary N) is 2. The number of carboxylic acid groups (broad SMARTS) is 1.